The molecule has 0 spiro atoms. The number of hydrogen-bond acceptors (Lipinski definition) is 8. The minimum absolute atomic E-state index is 0.133. The van der Waals surface area contributed by atoms with Crippen molar-refractivity contribution in [3.63, 3.8) is 0 Å². The smallest absolute Gasteiger partial charge is 0.351 e. The topological polar surface area (TPSA) is 116 Å². The first-order valence-electron chi connectivity index (χ1n) is 9.63. The van der Waals surface area contributed by atoms with Crippen molar-refractivity contribution < 1.29 is 14.3 Å². The third-order valence-electron chi connectivity index (χ3n) is 4.01. The molecule has 9 nitrogen and oxygen atoms in total. The van der Waals surface area contributed by atoms with Gasteiger partial charge in [0.25, 0.3) is 5.56 Å². The number of ether oxygens (including phenoxy) is 1. The molecule has 1 aromatic heterocycles. The van der Waals surface area contributed by atoms with Gasteiger partial charge in [-0.15, -0.1) is 11.3 Å². The van der Waals surface area contributed by atoms with Gasteiger partial charge >= 0.3 is 5.97 Å². The Morgan fingerprint density at radius 3 is 2.61 bits per heavy atom. The molecule has 0 fully saturated rings. The molecule has 0 saturated carbocycles. The van der Waals surface area contributed by atoms with Crippen molar-refractivity contribution in [2.45, 2.75) is 20.4 Å². The van der Waals surface area contributed by atoms with E-state index in [4.69, 9.17) is 4.74 Å². The molecule has 0 radical (unpaired) electrons. The minimum atomic E-state index is -0.755. The van der Waals surface area contributed by atoms with Crippen molar-refractivity contribution in [3.8, 4) is 6.07 Å². The molecule has 0 aliphatic heterocycles. The zero-order valence-corrected chi connectivity index (χ0v) is 18.7. The highest BCUT2D eigenvalue weighted by molar-refractivity contribution is 7.07. The normalized spacial score (nSPS) is 12.3. The van der Waals surface area contributed by atoms with Gasteiger partial charge in [-0.1, -0.05) is 6.07 Å². The molecule has 1 aromatic carbocycles. The van der Waals surface area contributed by atoms with Gasteiger partial charge in [0.1, 0.15) is 15.3 Å². The molecular weight excluding hydrogens is 418 g/mol. The zero-order valence-electron chi connectivity index (χ0n) is 17.9. The summed E-state index contributed by atoms with van der Waals surface area (Å²) in [6, 6.07) is 8.91. The van der Waals surface area contributed by atoms with Crippen LogP contribution in [0.3, 0.4) is 0 Å². The van der Waals surface area contributed by atoms with Crippen LogP contribution in [-0.4, -0.2) is 48.6 Å². The number of rotatable bonds is 8. The molecule has 31 heavy (non-hydrogen) atoms. The Bertz CT molecular complexity index is 1170. The molecule has 0 bridgehead atoms. The summed E-state index contributed by atoms with van der Waals surface area (Å²) in [6.45, 7) is 4.10. The van der Waals surface area contributed by atoms with E-state index in [1.165, 1.54) is 10.8 Å². The fourth-order valence-electron chi connectivity index (χ4n) is 2.70. The maximum absolute atomic E-state index is 12.7. The molecule has 2 rings (SSSR count). The average Bonchev–Trinajstić information content (AvgIpc) is 3.02. The number of nitrogens with zero attached hydrogens (tertiary/aromatic N) is 3. The van der Waals surface area contributed by atoms with Crippen LogP contribution in [0, 0.1) is 11.3 Å². The van der Waals surface area contributed by atoms with Crippen LogP contribution in [0.2, 0.25) is 0 Å². The van der Waals surface area contributed by atoms with E-state index in [0.29, 0.717) is 22.5 Å². The largest absolute Gasteiger partial charge is 0.462 e. The monoisotopic (exact) mass is 443 g/mol. The van der Waals surface area contributed by atoms with Crippen LogP contribution >= 0.6 is 11.3 Å². The predicted molar refractivity (Wildman–Crippen MR) is 121 cm³/mol. The van der Waals surface area contributed by atoms with Crippen LogP contribution in [-0.2, 0) is 20.9 Å². The maximum atomic E-state index is 12.7. The summed E-state index contributed by atoms with van der Waals surface area (Å²) < 4.78 is 6.88. The number of likely N-dealkylation sites (N-methyl/N-ethyl adjacent to an activating group) is 1. The highest BCUT2D eigenvalue weighted by Crippen LogP contribution is 2.15. The third-order valence-corrected chi connectivity index (χ3v) is 5.14. The number of nitrogens with one attached hydrogen (secondary N) is 2. The number of carbonyl (C=O) groups excluding carboxylic acids is 2. The second-order valence-electron chi connectivity index (χ2n) is 6.68. The van der Waals surface area contributed by atoms with E-state index in [-0.39, 0.29) is 34.9 Å². The van der Waals surface area contributed by atoms with E-state index in [0.717, 1.165) is 11.3 Å². The molecule has 0 atom stereocenters. The SMILES string of the molecule is CCOC(=O)C(C#N)=c1sc(=CNc2cccc(NC(=O)CN(C)C)c2)c(=O)n1CC. The van der Waals surface area contributed by atoms with Crippen molar-refractivity contribution in [3.05, 3.63) is 43.8 Å². The predicted octanol–water partition coefficient (Wildman–Crippen LogP) is 0.517. The lowest BCUT2D eigenvalue weighted by molar-refractivity contribution is -0.136. The summed E-state index contributed by atoms with van der Waals surface area (Å²) in [5.74, 6) is -0.896. The Labute approximate surface area is 183 Å². The Balaban J connectivity index is 2.38. The van der Waals surface area contributed by atoms with Gasteiger partial charge in [0, 0.05) is 24.1 Å². The fourth-order valence-corrected chi connectivity index (χ4v) is 3.78. The number of benzene rings is 1. The summed E-state index contributed by atoms with van der Waals surface area (Å²) in [5.41, 5.74) is 0.763. The van der Waals surface area contributed by atoms with Gasteiger partial charge in [-0.05, 0) is 46.1 Å². The first kappa shape index (κ1) is 23.9. The second-order valence-corrected chi connectivity index (χ2v) is 7.71. The summed E-state index contributed by atoms with van der Waals surface area (Å²) in [4.78, 5) is 38.5. The van der Waals surface area contributed by atoms with E-state index >= 15 is 0 Å². The lowest BCUT2D eigenvalue weighted by atomic mass is 10.2. The van der Waals surface area contributed by atoms with Gasteiger partial charge in [0.05, 0.1) is 13.2 Å². The Kier molecular flexibility index (Phi) is 8.54. The molecule has 10 heteroatoms. The van der Waals surface area contributed by atoms with Crippen LogP contribution in [0.5, 0.6) is 0 Å². The van der Waals surface area contributed by atoms with Gasteiger partial charge in [-0.3, -0.25) is 14.2 Å². The molecule has 2 aromatic rings. The fraction of sp³-hybridized carbons (Fsp3) is 0.333. The molecule has 1 heterocycles. The van der Waals surface area contributed by atoms with E-state index < -0.39 is 5.97 Å². The average molecular weight is 444 g/mol. The first-order chi connectivity index (χ1) is 14.8. The van der Waals surface area contributed by atoms with Crippen molar-refractivity contribution in [1.82, 2.24) is 9.47 Å². The summed E-state index contributed by atoms with van der Waals surface area (Å²) >= 11 is 1.04. The summed E-state index contributed by atoms with van der Waals surface area (Å²) in [6.07, 6.45) is 1.52. The Morgan fingerprint density at radius 1 is 1.29 bits per heavy atom. The second kappa shape index (κ2) is 11.1. The highest BCUT2D eigenvalue weighted by Gasteiger charge is 2.16. The molecule has 0 saturated heterocycles. The van der Waals surface area contributed by atoms with Gasteiger partial charge in [-0.25, -0.2) is 4.79 Å². The van der Waals surface area contributed by atoms with Gasteiger partial charge in [0.2, 0.25) is 5.91 Å². The zero-order chi connectivity index (χ0) is 23.0. The van der Waals surface area contributed by atoms with Crippen LogP contribution in [0.15, 0.2) is 29.1 Å². The van der Waals surface area contributed by atoms with Crippen molar-refractivity contribution in [2.75, 3.05) is 37.9 Å². The van der Waals surface area contributed by atoms with Crippen LogP contribution in [0.1, 0.15) is 13.8 Å². The van der Waals surface area contributed by atoms with Gasteiger partial charge in [-0.2, -0.15) is 5.26 Å². The molecule has 0 aliphatic carbocycles. The van der Waals surface area contributed by atoms with Crippen LogP contribution in [0.4, 0.5) is 11.4 Å². The van der Waals surface area contributed by atoms with E-state index in [1.54, 1.807) is 43.0 Å². The molecule has 0 unspecified atom stereocenters. The van der Waals surface area contributed by atoms with Crippen LogP contribution < -0.4 is 25.4 Å². The quantitative estimate of drug-likeness (QED) is 0.571. The van der Waals surface area contributed by atoms with Gasteiger partial charge in [0.15, 0.2) is 5.57 Å². The summed E-state index contributed by atoms with van der Waals surface area (Å²) in [5, 5.41) is 15.2. The number of nitriles is 1. The third kappa shape index (κ3) is 6.28. The number of anilines is 2. The standard InChI is InChI=1S/C21H25N5O4S/c1-5-26-19(28)17(31-20(26)16(11-22)21(29)30-6-2)12-23-14-8-7-9-15(10-14)24-18(27)13-25(3)4/h7-10,12,23H,5-6,13H2,1-4H3,(H,24,27). The number of thiazole rings is 1. The van der Waals surface area contributed by atoms with Crippen molar-refractivity contribution >= 4 is 46.4 Å². The number of amides is 1. The lowest BCUT2D eigenvalue weighted by Crippen LogP contribution is -2.32. The number of carbonyl (C=O) groups is 2. The Hall–Kier alpha value is -3.42. The number of hydrogen-bond donors (Lipinski definition) is 2. The molecule has 2 N–H and O–H groups in total. The molecule has 0 aliphatic rings. The van der Waals surface area contributed by atoms with E-state index in [1.807, 2.05) is 20.2 Å². The number of aromatic nitrogens is 1. The Morgan fingerprint density at radius 2 is 2.00 bits per heavy atom. The first-order valence-corrected chi connectivity index (χ1v) is 10.4. The highest BCUT2D eigenvalue weighted by atomic mass is 32.1. The molecule has 164 valence electrons. The maximum Gasteiger partial charge on any atom is 0.351 e. The van der Waals surface area contributed by atoms with E-state index in [9.17, 15) is 19.6 Å². The molecular formula is C21H25N5O4S. The van der Waals surface area contributed by atoms with Gasteiger partial charge < -0.3 is 20.3 Å². The van der Waals surface area contributed by atoms with Crippen molar-refractivity contribution in [2.24, 2.45) is 0 Å². The molecule has 1 amide bonds. The van der Waals surface area contributed by atoms with E-state index in [2.05, 4.69) is 10.6 Å². The minimum Gasteiger partial charge on any atom is -0.462 e. The lowest BCUT2D eigenvalue weighted by Gasteiger charge is -2.10. The summed E-state index contributed by atoms with van der Waals surface area (Å²) in [7, 11) is 3.62. The number of esters is 1. The van der Waals surface area contributed by atoms with Crippen LogP contribution in [0.25, 0.3) is 11.8 Å². The van der Waals surface area contributed by atoms with Crippen molar-refractivity contribution in [1.29, 1.82) is 5.26 Å².